The van der Waals surface area contributed by atoms with Gasteiger partial charge in [-0.05, 0) is 17.2 Å². The van der Waals surface area contributed by atoms with E-state index in [1.54, 1.807) is 18.2 Å². The number of hydrazine groups is 1. The number of carbonyl (C=O) groups is 1. The average Bonchev–Trinajstić information content (AvgIpc) is 2.56. The first-order valence-corrected chi connectivity index (χ1v) is 7.67. The minimum absolute atomic E-state index is 0.190. The van der Waals surface area contributed by atoms with Gasteiger partial charge >= 0.3 is 5.97 Å². The van der Waals surface area contributed by atoms with Crippen molar-refractivity contribution in [2.75, 3.05) is 0 Å². The molecule has 7 heteroatoms. The van der Waals surface area contributed by atoms with E-state index in [-0.39, 0.29) is 16.5 Å². The zero-order valence-corrected chi connectivity index (χ0v) is 12.9. The maximum Gasteiger partial charge on any atom is 0.354 e. The molecule has 0 radical (unpaired) electrons. The summed E-state index contributed by atoms with van der Waals surface area (Å²) in [5.74, 6) is 4.24. The summed E-state index contributed by atoms with van der Waals surface area (Å²) in [6.07, 6.45) is 0. The van der Waals surface area contributed by atoms with Gasteiger partial charge in [-0.1, -0.05) is 42.5 Å². The predicted molar refractivity (Wildman–Crippen MR) is 89.3 cm³/mol. The third-order valence-electron chi connectivity index (χ3n) is 3.13. The Labute approximate surface area is 137 Å². The molecule has 0 fully saturated rings. The molecule has 2 aromatic carbocycles. The largest absolute Gasteiger partial charge is 0.477 e. The van der Waals surface area contributed by atoms with Crippen LogP contribution in [0.3, 0.4) is 0 Å². The molecule has 0 heterocycles. The fraction of sp³-hybridized carbons (Fsp3) is 0.0625. The molecule has 23 heavy (non-hydrogen) atoms. The summed E-state index contributed by atoms with van der Waals surface area (Å²) in [6, 6.07) is 13.9. The molecule has 6 N–H and O–H groups in total. The van der Waals surface area contributed by atoms with Crippen LogP contribution in [0.4, 0.5) is 4.39 Å². The molecule has 0 atom stereocenters. The summed E-state index contributed by atoms with van der Waals surface area (Å²) in [7, 11) is 0. The molecule has 2 aromatic rings. The summed E-state index contributed by atoms with van der Waals surface area (Å²) in [6.45, 7) is 0. The van der Waals surface area contributed by atoms with Gasteiger partial charge in [-0.15, -0.1) is 11.8 Å². The Balaban J connectivity index is 2.11. The topological polar surface area (TPSA) is 101 Å². The van der Waals surface area contributed by atoms with Crippen LogP contribution in [0.5, 0.6) is 0 Å². The third kappa shape index (κ3) is 4.24. The number of hydrogen-bond acceptors (Lipinski definition) is 5. The molecule has 2 rings (SSSR count). The van der Waals surface area contributed by atoms with Crippen molar-refractivity contribution in [1.29, 1.82) is 0 Å². The van der Waals surface area contributed by atoms with E-state index in [0.717, 1.165) is 11.1 Å². The second kappa shape index (κ2) is 7.66. The Kier molecular flexibility index (Phi) is 5.61. The summed E-state index contributed by atoms with van der Waals surface area (Å²) in [5, 5.41) is 9.03. The van der Waals surface area contributed by atoms with Gasteiger partial charge in [0.1, 0.15) is 16.5 Å². The highest BCUT2D eigenvalue weighted by Crippen LogP contribution is 2.25. The van der Waals surface area contributed by atoms with E-state index in [1.807, 2.05) is 24.3 Å². The molecule has 0 aliphatic carbocycles. The van der Waals surface area contributed by atoms with Crippen molar-refractivity contribution < 1.29 is 14.3 Å². The molecule has 0 bridgehead atoms. The van der Waals surface area contributed by atoms with Crippen LogP contribution in [0.25, 0.3) is 11.1 Å². The van der Waals surface area contributed by atoms with Crippen LogP contribution < -0.4 is 17.0 Å². The second-order valence-corrected chi connectivity index (χ2v) is 5.64. The Morgan fingerprint density at radius 2 is 1.83 bits per heavy atom. The maximum absolute atomic E-state index is 13.7. The average molecular weight is 333 g/mol. The number of hydrogen-bond donors (Lipinski definition) is 4. The molecule has 0 unspecified atom stereocenters. The van der Waals surface area contributed by atoms with Crippen LogP contribution in [-0.2, 0) is 10.5 Å². The van der Waals surface area contributed by atoms with Gasteiger partial charge < -0.3 is 16.3 Å². The van der Waals surface area contributed by atoms with Gasteiger partial charge in [0, 0.05) is 11.3 Å². The number of nitrogens with one attached hydrogen (secondary N) is 1. The lowest BCUT2D eigenvalue weighted by Crippen LogP contribution is -2.26. The SMILES string of the molecule is NN/C(SCc1ccc(-c2ccccc2F)cc1)=C(\N)C(=O)O. The highest BCUT2D eigenvalue weighted by atomic mass is 32.2. The lowest BCUT2D eigenvalue weighted by atomic mass is 10.0. The third-order valence-corrected chi connectivity index (χ3v) is 4.23. The van der Waals surface area contributed by atoms with Gasteiger partial charge in [-0.3, -0.25) is 0 Å². The smallest absolute Gasteiger partial charge is 0.354 e. The van der Waals surface area contributed by atoms with E-state index >= 15 is 0 Å². The fourth-order valence-corrected chi connectivity index (χ4v) is 2.76. The summed E-state index contributed by atoms with van der Waals surface area (Å²) >= 11 is 1.18. The summed E-state index contributed by atoms with van der Waals surface area (Å²) < 4.78 is 13.7. The Hall–Kier alpha value is -2.51. The molecule has 120 valence electrons. The standard InChI is InChI=1S/C16H16FN3O2S/c17-13-4-2-1-3-12(13)11-7-5-10(6-8-11)9-23-15(20-19)14(18)16(21)22/h1-8,20H,9,18-19H2,(H,21,22)/b15-14+. The number of thioether (sulfide) groups is 1. The van der Waals surface area contributed by atoms with Crippen LogP contribution in [0.15, 0.2) is 59.3 Å². The second-order valence-electron chi connectivity index (χ2n) is 4.66. The number of aliphatic carboxylic acids is 1. The van der Waals surface area contributed by atoms with Gasteiger partial charge in [0.25, 0.3) is 0 Å². The molecule has 0 spiro atoms. The quantitative estimate of drug-likeness (QED) is 0.368. The summed E-state index contributed by atoms with van der Waals surface area (Å²) in [5.41, 5.74) is 9.62. The Morgan fingerprint density at radius 3 is 2.39 bits per heavy atom. The molecular formula is C16H16FN3O2S. The van der Waals surface area contributed by atoms with E-state index in [2.05, 4.69) is 5.43 Å². The molecule has 0 saturated heterocycles. The van der Waals surface area contributed by atoms with E-state index in [4.69, 9.17) is 16.7 Å². The van der Waals surface area contributed by atoms with E-state index in [9.17, 15) is 9.18 Å². The van der Waals surface area contributed by atoms with Crippen molar-refractivity contribution in [2.24, 2.45) is 11.6 Å². The minimum atomic E-state index is -1.24. The van der Waals surface area contributed by atoms with Crippen LogP contribution in [-0.4, -0.2) is 11.1 Å². The first-order chi connectivity index (χ1) is 11.0. The Bertz CT molecular complexity index is 732. The van der Waals surface area contributed by atoms with E-state index in [0.29, 0.717) is 11.3 Å². The lowest BCUT2D eigenvalue weighted by molar-refractivity contribution is -0.132. The number of nitrogens with two attached hydrogens (primary N) is 2. The lowest BCUT2D eigenvalue weighted by Gasteiger charge is -2.09. The number of benzene rings is 2. The minimum Gasteiger partial charge on any atom is -0.477 e. The molecule has 0 aromatic heterocycles. The van der Waals surface area contributed by atoms with Crippen molar-refractivity contribution in [3.05, 3.63) is 70.6 Å². The Morgan fingerprint density at radius 1 is 1.17 bits per heavy atom. The highest BCUT2D eigenvalue weighted by Gasteiger charge is 2.10. The molecule has 0 saturated carbocycles. The predicted octanol–water partition coefficient (Wildman–Crippen LogP) is 2.40. The van der Waals surface area contributed by atoms with Gasteiger partial charge in [0.15, 0.2) is 0 Å². The number of rotatable bonds is 6. The first kappa shape index (κ1) is 16.9. The number of carboxylic acids is 1. The van der Waals surface area contributed by atoms with Crippen molar-refractivity contribution in [3.8, 4) is 11.1 Å². The van der Waals surface area contributed by atoms with Gasteiger partial charge in [0.05, 0.1) is 0 Å². The van der Waals surface area contributed by atoms with E-state index < -0.39 is 5.97 Å². The zero-order valence-electron chi connectivity index (χ0n) is 12.1. The van der Waals surface area contributed by atoms with Crippen LogP contribution >= 0.6 is 11.8 Å². The highest BCUT2D eigenvalue weighted by molar-refractivity contribution is 8.02. The van der Waals surface area contributed by atoms with Crippen molar-refractivity contribution in [2.45, 2.75) is 5.75 Å². The molecule has 0 aliphatic rings. The van der Waals surface area contributed by atoms with Gasteiger partial charge in [-0.25, -0.2) is 15.0 Å². The summed E-state index contributed by atoms with van der Waals surface area (Å²) in [4.78, 5) is 10.8. The maximum atomic E-state index is 13.7. The van der Waals surface area contributed by atoms with Crippen molar-refractivity contribution in [3.63, 3.8) is 0 Å². The van der Waals surface area contributed by atoms with Crippen molar-refractivity contribution >= 4 is 17.7 Å². The van der Waals surface area contributed by atoms with Gasteiger partial charge in [0.2, 0.25) is 0 Å². The zero-order chi connectivity index (χ0) is 16.8. The molecule has 0 amide bonds. The van der Waals surface area contributed by atoms with Crippen LogP contribution in [0, 0.1) is 5.82 Å². The number of halogens is 1. The first-order valence-electron chi connectivity index (χ1n) is 6.69. The molecule has 5 nitrogen and oxygen atoms in total. The molecular weight excluding hydrogens is 317 g/mol. The fourth-order valence-electron chi connectivity index (χ4n) is 1.93. The monoisotopic (exact) mass is 333 g/mol. The van der Waals surface area contributed by atoms with Crippen LogP contribution in [0.2, 0.25) is 0 Å². The molecule has 0 aliphatic heterocycles. The van der Waals surface area contributed by atoms with E-state index in [1.165, 1.54) is 17.8 Å². The van der Waals surface area contributed by atoms with Crippen LogP contribution in [0.1, 0.15) is 5.56 Å². The van der Waals surface area contributed by atoms with Crippen molar-refractivity contribution in [1.82, 2.24) is 5.43 Å². The normalized spacial score (nSPS) is 11.7. The van der Waals surface area contributed by atoms with Gasteiger partial charge in [-0.2, -0.15) is 0 Å². The number of carboxylic acid groups (broad SMARTS) is 1.